The van der Waals surface area contributed by atoms with Gasteiger partial charge < -0.3 is 0 Å². The van der Waals surface area contributed by atoms with Crippen LogP contribution < -0.4 is 10.9 Å². The molecule has 1 saturated heterocycles. The highest BCUT2D eigenvalue weighted by Crippen LogP contribution is 2.30. The van der Waals surface area contributed by atoms with Crippen LogP contribution in [0.25, 0.3) is 0 Å². The van der Waals surface area contributed by atoms with Crippen LogP contribution in [-0.4, -0.2) is 0 Å². The first-order valence-corrected chi connectivity index (χ1v) is 7.11. The monoisotopic (exact) mass is 270 g/mol. The second-order valence-electron chi connectivity index (χ2n) is 5.28. The molecule has 1 heterocycles. The molecule has 1 aliphatic heterocycles. The van der Waals surface area contributed by atoms with Gasteiger partial charge in [0.2, 0.25) is 0 Å². The lowest BCUT2D eigenvalue weighted by atomic mass is 9.97. The molecule has 104 valence electrons. The Morgan fingerprint density at radius 1 is 0.900 bits per heavy atom. The Balaban J connectivity index is 1.71. The Kier molecular flexibility index (Phi) is 3.81. The van der Waals surface area contributed by atoms with Gasteiger partial charge in [-0.2, -0.15) is 0 Å². The predicted molar refractivity (Wildman–Crippen MR) is 78.6 cm³/mol. The minimum Gasteiger partial charge on any atom is -0.250 e. The largest absolute Gasteiger partial charge is 0.250 e. The van der Waals surface area contributed by atoms with E-state index in [1.54, 1.807) is 0 Å². The van der Waals surface area contributed by atoms with E-state index in [9.17, 15) is 4.39 Å². The van der Waals surface area contributed by atoms with E-state index in [0.717, 1.165) is 18.4 Å². The fourth-order valence-corrected chi connectivity index (χ4v) is 2.67. The molecular formula is C17H19FN2. The summed E-state index contributed by atoms with van der Waals surface area (Å²) in [5, 5.41) is 0. The molecule has 0 saturated carbocycles. The maximum atomic E-state index is 13.0. The number of nitrogens with one attached hydrogen (secondary N) is 2. The van der Waals surface area contributed by atoms with Crippen LogP contribution in [0.2, 0.25) is 0 Å². The van der Waals surface area contributed by atoms with Gasteiger partial charge in [-0.3, -0.25) is 0 Å². The van der Waals surface area contributed by atoms with E-state index in [-0.39, 0.29) is 11.9 Å². The van der Waals surface area contributed by atoms with Crippen molar-refractivity contribution in [2.24, 2.45) is 0 Å². The summed E-state index contributed by atoms with van der Waals surface area (Å²) in [5.41, 5.74) is 10.4. The molecule has 0 aromatic heterocycles. The normalized spacial score (nSPS) is 22.1. The molecule has 1 aliphatic rings. The number of hydrogen-bond acceptors (Lipinski definition) is 2. The van der Waals surface area contributed by atoms with Crippen LogP contribution in [-0.2, 0) is 6.42 Å². The highest BCUT2D eigenvalue weighted by molar-refractivity contribution is 5.27. The van der Waals surface area contributed by atoms with Crippen LogP contribution in [0.1, 0.15) is 42.1 Å². The summed E-state index contributed by atoms with van der Waals surface area (Å²) in [6.45, 7) is 2.16. The molecule has 1 fully saturated rings. The lowest BCUT2D eigenvalue weighted by Gasteiger charge is -2.10. The third-order valence-corrected chi connectivity index (χ3v) is 3.97. The Morgan fingerprint density at radius 2 is 1.40 bits per heavy atom. The second-order valence-corrected chi connectivity index (χ2v) is 5.28. The molecule has 2 aromatic rings. The fraction of sp³-hybridized carbons (Fsp3) is 0.294. The Labute approximate surface area is 119 Å². The van der Waals surface area contributed by atoms with E-state index in [4.69, 9.17) is 0 Å². The first kappa shape index (κ1) is 13.3. The van der Waals surface area contributed by atoms with Crippen LogP contribution in [0.4, 0.5) is 4.39 Å². The van der Waals surface area contributed by atoms with E-state index in [0.29, 0.717) is 6.04 Å². The molecule has 2 N–H and O–H groups in total. The smallest absolute Gasteiger partial charge is 0.123 e. The van der Waals surface area contributed by atoms with Gasteiger partial charge in [0.25, 0.3) is 0 Å². The van der Waals surface area contributed by atoms with E-state index in [1.165, 1.54) is 23.3 Å². The minimum absolute atomic E-state index is 0.189. The molecule has 0 spiro atoms. The average molecular weight is 270 g/mol. The molecule has 3 heteroatoms. The van der Waals surface area contributed by atoms with Crippen LogP contribution in [0.5, 0.6) is 0 Å². The number of aryl methyl sites for hydroxylation is 1. The van der Waals surface area contributed by atoms with Gasteiger partial charge in [-0.05, 0) is 41.7 Å². The molecule has 0 amide bonds. The number of rotatable bonds is 3. The van der Waals surface area contributed by atoms with Crippen molar-refractivity contribution in [1.29, 1.82) is 0 Å². The van der Waals surface area contributed by atoms with Crippen molar-refractivity contribution in [2.45, 2.75) is 31.8 Å². The SMILES string of the molecule is CCc1ccc(C2CC(c3ccc(F)cc3)NN2)cc1. The summed E-state index contributed by atoms with van der Waals surface area (Å²) in [6, 6.07) is 16.0. The molecule has 0 bridgehead atoms. The third-order valence-electron chi connectivity index (χ3n) is 3.97. The van der Waals surface area contributed by atoms with Crippen molar-refractivity contribution in [3.05, 3.63) is 71.0 Å². The lowest BCUT2D eigenvalue weighted by Crippen LogP contribution is -2.26. The first-order chi connectivity index (χ1) is 9.76. The summed E-state index contributed by atoms with van der Waals surface area (Å²) in [6.07, 6.45) is 2.03. The number of hydrogen-bond donors (Lipinski definition) is 2. The number of halogens is 1. The molecule has 0 radical (unpaired) electrons. The maximum Gasteiger partial charge on any atom is 0.123 e. The van der Waals surface area contributed by atoms with Gasteiger partial charge in [0.05, 0.1) is 0 Å². The van der Waals surface area contributed by atoms with Crippen LogP contribution in [0.15, 0.2) is 48.5 Å². The number of hydrazine groups is 1. The van der Waals surface area contributed by atoms with Gasteiger partial charge in [-0.15, -0.1) is 0 Å². The van der Waals surface area contributed by atoms with Gasteiger partial charge in [-0.25, -0.2) is 15.2 Å². The third kappa shape index (κ3) is 2.74. The van der Waals surface area contributed by atoms with Gasteiger partial charge in [0.1, 0.15) is 5.82 Å². The molecule has 2 aromatic carbocycles. The highest BCUT2D eigenvalue weighted by Gasteiger charge is 2.25. The molecule has 0 aliphatic carbocycles. The van der Waals surface area contributed by atoms with Crippen molar-refractivity contribution in [3.8, 4) is 0 Å². The van der Waals surface area contributed by atoms with Gasteiger partial charge in [0.15, 0.2) is 0 Å². The Hall–Kier alpha value is -1.71. The molecule has 2 nitrogen and oxygen atoms in total. The van der Waals surface area contributed by atoms with Gasteiger partial charge >= 0.3 is 0 Å². The standard InChI is InChI=1S/C17H19FN2/c1-2-12-3-5-13(6-4-12)16-11-17(20-19-16)14-7-9-15(18)10-8-14/h3-10,16-17,19-20H,2,11H2,1H3. The van der Waals surface area contributed by atoms with E-state index < -0.39 is 0 Å². The first-order valence-electron chi connectivity index (χ1n) is 7.11. The maximum absolute atomic E-state index is 13.0. The van der Waals surface area contributed by atoms with E-state index >= 15 is 0 Å². The van der Waals surface area contributed by atoms with Crippen molar-refractivity contribution in [3.63, 3.8) is 0 Å². The van der Waals surface area contributed by atoms with Gasteiger partial charge in [-0.1, -0.05) is 43.3 Å². The van der Waals surface area contributed by atoms with Crippen LogP contribution in [0, 0.1) is 5.82 Å². The van der Waals surface area contributed by atoms with Crippen LogP contribution in [0.3, 0.4) is 0 Å². The summed E-state index contributed by atoms with van der Waals surface area (Å²) in [4.78, 5) is 0. The van der Waals surface area contributed by atoms with Crippen molar-refractivity contribution in [2.75, 3.05) is 0 Å². The summed E-state index contributed by atoms with van der Waals surface area (Å²) in [7, 11) is 0. The zero-order valence-corrected chi connectivity index (χ0v) is 11.6. The lowest BCUT2D eigenvalue weighted by molar-refractivity contribution is 0.554. The van der Waals surface area contributed by atoms with Crippen molar-refractivity contribution >= 4 is 0 Å². The average Bonchev–Trinajstić information content (AvgIpc) is 2.98. The Bertz CT molecular complexity index is 563. The summed E-state index contributed by atoms with van der Waals surface area (Å²) >= 11 is 0. The molecule has 3 rings (SSSR count). The quantitative estimate of drug-likeness (QED) is 0.889. The predicted octanol–water partition coefficient (Wildman–Crippen LogP) is 3.67. The molecule has 2 atom stereocenters. The molecule has 2 unspecified atom stereocenters. The Morgan fingerprint density at radius 3 is 1.90 bits per heavy atom. The zero-order chi connectivity index (χ0) is 13.9. The minimum atomic E-state index is -0.189. The topological polar surface area (TPSA) is 24.1 Å². The highest BCUT2D eigenvalue weighted by atomic mass is 19.1. The molecular weight excluding hydrogens is 251 g/mol. The summed E-state index contributed by atoms with van der Waals surface area (Å²) < 4.78 is 13.0. The van der Waals surface area contributed by atoms with E-state index in [1.807, 2.05) is 12.1 Å². The number of benzene rings is 2. The van der Waals surface area contributed by atoms with Crippen molar-refractivity contribution < 1.29 is 4.39 Å². The molecule has 20 heavy (non-hydrogen) atoms. The van der Waals surface area contributed by atoms with Crippen molar-refractivity contribution in [1.82, 2.24) is 10.9 Å². The second kappa shape index (κ2) is 5.73. The summed E-state index contributed by atoms with van der Waals surface area (Å²) in [5.74, 6) is -0.189. The van der Waals surface area contributed by atoms with Gasteiger partial charge in [0, 0.05) is 12.1 Å². The zero-order valence-electron chi connectivity index (χ0n) is 11.6. The fourth-order valence-electron chi connectivity index (χ4n) is 2.67. The van der Waals surface area contributed by atoms with Crippen LogP contribution >= 0.6 is 0 Å². The van der Waals surface area contributed by atoms with E-state index in [2.05, 4.69) is 42.0 Å².